The molecule has 0 bridgehead atoms. The molecule has 0 saturated carbocycles. The van der Waals surface area contributed by atoms with E-state index in [4.69, 9.17) is 4.74 Å². The van der Waals surface area contributed by atoms with Gasteiger partial charge in [0.25, 0.3) is 6.40 Å². The van der Waals surface area contributed by atoms with Crippen LogP contribution in [0.5, 0.6) is 0 Å². The number of ether oxygens (including phenoxy) is 1. The van der Waals surface area contributed by atoms with E-state index in [0.29, 0.717) is 0 Å². The Morgan fingerprint density at radius 2 is 2.07 bits per heavy atom. The first-order valence-corrected chi connectivity index (χ1v) is 4.27. The summed E-state index contributed by atoms with van der Waals surface area (Å²) in [6.45, 7) is 1.62. The van der Waals surface area contributed by atoms with E-state index in [1.807, 2.05) is 0 Å². The van der Waals surface area contributed by atoms with Crippen LogP contribution < -0.4 is 0 Å². The Hall–Kier alpha value is -1.52. The molecule has 1 aliphatic rings. The smallest absolute Gasteiger partial charge is 0.274 e. The van der Waals surface area contributed by atoms with Crippen LogP contribution in [0.4, 0.5) is 13.2 Å². The minimum atomic E-state index is -1.49. The van der Waals surface area contributed by atoms with Gasteiger partial charge in [-0.25, -0.2) is 18.2 Å². The molecule has 0 saturated heterocycles. The van der Waals surface area contributed by atoms with Crippen molar-refractivity contribution >= 4 is 6.40 Å². The molecule has 1 aromatic carbocycles. The fourth-order valence-corrected chi connectivity index (χ4v) is 1.42. The number of hydrogen-bond acceptors (Lipinski definition) is 2. The molecule has 79 valence electrons. The van der Waals surface area contributed by atoms with E-state index in [1.165, 1.54) is 0 Å². The third-order valence-corrected chi connectivity index (χ3v) is 2.33. The largest absolute Gasteiger partial charge is 0.471 e. The number of halogens is 3. The van der Waals surface area contributed by atoms with E-state index in [1.54, 1.807) is 6.92 Å². The molecule has 2 nitrogen and oxygen atoms in total. The molecular formula is C10H7F3NO. The van der Waals surface area contributed by atoms with E-state index in [0.717, 1.165) is 12.1 Å². The van der Waals surface area contributed by atoms with Crippen molar-refractivity contribution in [2.75, 3.05) is 6.61 Å². The van der Waals surface area contributed by atoms with Gasteiger partial charge >= 0.3 is 0 Å². The zero-order valence-corrected chi connectivity index (χ0v) is 7.85. The van der Waals surface area contributed by atoms with Crippen molar-refractivity contribution in [1.29, 1.82) is 0 Å². The topological polar surface area (TPSA) is 21.6 Å². The van der Waals surface area contributed by atoms with Crippen LogP contribution in [0.1, 0.15) is 12.5 Å². The van der Waals surface area contributed by atoms with Gasteiger partial charge in [0.1, 0.15) is 12.1 Å². The Morgan fingerprint density at radius 1 is 1.33 bits per heavy atom. The van der Waals surface area contributed by atoms with Gasteiger partial charge in [0.05, 0.1) is 0 Å². The van der Waals surface area contributed by atoms with Crippen LogP contribution in [-0.2, 0) is 10.3 Å². The van der Waals surface area contributed by atoms with Gasteiger partial charge in [-0.15, -0.1) is 0 Å². The summed E-state index contributed by atoms with van der Waals surface area (Å²) >= 11 is 0. The van der Waals surface area contributed by atoms with Crippen molar-refractivity contribution in [1.82, 2.24) is 0 Å². The molecular weight excluding hydrogens is 207 g/mol. The first kappa shape index (κ1) is 10.0. The predicted molar refractivity (Wildman–Crippen MR) is 47.1 cm³/mol. The average Bonchev–Trinajstić information content (AvgIpc) is 2.62. The lowest BCUT2D eigenvalue weighted by Crippen LogP contribution is -2.23. The van der Waals surface area contributed by atoms with Crippen molar-refractivity contribution in [3.05, 3.63) is 35.1 Å². The standard InChI is InChI=1S/C10H7F3NO/c1-10(4-15-5-14-10)6-2-3-7(11)9(13)8(6)12/h2-3H,4H2,1H3. The van der Waals surface area contributed by atoms with Gasteiger partial charge in [0.15, 0.2) is 17.5 Å². The summed E-state index contributed by atoms with van der Waals surface area (Å²) in [6, 6.07) is 2.03. The summed E-state index contributed by atoms with van der Waals surface area (Å²) < 4.78 is 43.8. The molecule has 0 fully saturated rings. The van der Waals surface area contributed by atoms with Crippen LogP contribution in [0.3, 0.4) is 0 Å². The lowest BCUT2D eigenvalue weighted by Gasteiger charge is -2.19. The number of benzene rings is 1. The summed E-state index contributed by atoms with van der Waals surface area (Å²) in [5, 5.41) is 0. The number of rotatable bonds is 1. The molecule has 1 aliphatic heterocycles. The number of nitrogens with zero attached hydrogens (tertiary/aromatic N) is 1. The van der Waals surface area contributed by atoms with Gasteiger partial charge < -0.3 is 4.74 Å². The summed E-state index contributed by atoms with van der Waals surface area (Å²) in [5.74, 6) is -3.93. The first-order valence-electron chi connectivity index (χ1n) is 4.27. The molecule has 0 amide bonds. The second kappa shape index (κ2) is 3.25. The lowest BCUT2D eigenvalue weighted by molar-refractivity contribution is 0.269. The zero-order valence-electron chi connectivity index (χ0n) is 7.85. The molecule has 1 radical (unpaired) electrons. The van der Waals surface area contributed by atoms with Crippen LogP contribution in [0.25, 0.3) is 0 Å². The SMILES string of the molecule is CC1(c2ccc(F)c(F)c2F)CO[C]=N1. The Kier molecular flexibility index (Phi) is 2.17. The highest BCUT2D eigenvalue weighted by molar-refractivity contribution is 5.52. The van der Waals surface area contributed by atoms with Crippen LogP contribution in [0.15, 0.2) is 17.1 Å². The fourth-order valence-electron chi connectivity index (χ4n) is 1.42. The molecule has 0 aliphatic carbocycles. The summed E-state index contributed by atoms with van der Waals surface area (Å²) in [4.78, 5) is 3.77. The maximum absolute atomic E-state index is 13.4. The van der Waals surface area contributed by atoms with E-state index in [2.05, 4.69) is 11.4 Å². The molecule has 5 heteroatoms. The van der Waals surface area contributed by atoms with Crippen LogP contribution in [0.2, 0.25) is 0 Å². The maximum Gasteiger partial charge on any atom is 0.274 e. The highest BCUT2D eigenvalue weighted by atomic mass is 19.2. The number of hydrogen-bond donors (Lipinski definition) is 0. The van der Waals surface area contributed by atoms with E-state index in [9.17, 15) is 13.2 Å². The Labute approximate surface area is 84.4 Å². The monoisotopic (exact) mass is 214 g/mol. The summed E-state index contributed by atoms with van der Waals surface area (Å²) in [5.41, 5.74) is -1.06. The minimum Gasteiger partial charge on any atom is -0.471 e. The van der Waals surface area contributed by atoms with Gasteiger partial charge in [-0.1, -0.05) is 6.07 Å². The Bertz CT molecular complexity index is 433. The van der Waals surface area contributed by atoms with E-state index >= 15 is 0 Å². The zero-order chi connectivity index (χ0) is 11.1. The third-order valence-electron chi connectivity index (χ3n) is 2.33. The molecule has 0 aromatic heterocycles. The van der Waals surface area contributed by atoms with Crippen molar-refractivity contribution < 1.29 is 17.9 Å². The molecule has 15 heavy (non-hydrogen) atoms. The van der Waals surface area contributed by atoms with Crippen molar-refractivity contribution in [3.63, 3.8) is 0 Å². The Morgan fingerprint density at radius 3 is 2.67 bits per heavy atom. The molecule has 0 spiro atoms. The lowest BCUT2D eigenvalue weighted by atomic mass is 9.93. The third kappa shape index (κ3) is 1.48. The highest BCUT2D eigenvalue weighted by Gasteiger charge is 2.34. The predicted octanol–water partition coefficient (Wildman–Crippen LogP) is 2.25. The van der Waals surface area contributed by atoms with Crippen molar-refractivity contribution in [2.24, 2.45) is 4.99 Å². The summed E-state index contributed by atoms with van der Waals surface area (Å²) in [6.07, 6.45) is 2.21. The maximum atomic E-state index is 13.4. The normalized spacial score (nSPS) is 24.3. The van der Waals surface area contributed by atoms with Gasteiger partial charge in [0, 0.05) is 5.56 Å². The van der Waals surface area contributed by atoms with Crippen LogP contribution in [-0.4, -0.2) is 13.0 Å². The van der Waals surface area contributed by atoms with E-state index < -0.39 is 23.0 Å². The first-order chi connectivity index (χ1) is 7.04. The van der Waals surface area contributed by atoms with Crippen LogP contribution in [0, 0.1) is 17.5 Å². The molecule has 1 atom stereocenters. The molecule has 1 unspecified atom stereocenters. The molecule has 1 heterocycles. The fraction of sp³-hybridized carbons (Fsp3) is 0.300. The quantitative estimate of drug-likeness (QED) is 0.657. The second-order valence-corrected chi connectivity index (χ2v) is 3.49. The summed E-state index contributed by atoms with van der Waals surface area (Å²) in [7, 11) is 0. The van der Waals surface area contributed by atoms with Crippen LogP contribution >= 0.6 is 0 Å². The molecule has 2 rings (SSSR count). The number of aliphatic imine (C=N–C) groups is 1. The van der Waals surface area contributed by atoms with Gasteiger partial charge in [-0.3, -0.25) is 0 Å². The van der Waals surface area contributed by atoms with E-state index in [-0.39, 0.29) is 12.2 Å². The minimum absolute atomic E-state index is 0.0357. The molecule has 0 N–H and O–H groups in total. The highest BCUT2D eigenvalue weighted by Crippen LogP contribution is 2.32. The van der Waals surface area contributed by atoms with Crippen molar-refractivity contribution in [2.45, 2.75) is 12.5 Å². The second-order valence-electron chi connectivity index (χ2n) is 3.49. The molecule has 1 aromatic rings. The average molecular weight is 214 g/mol. The van der Waals surface area contributed by atoms with Gasteiger partial charge in [0.2, 0.25) is 0 Å². The Balaban J connectivity index is 2.54. The van der Waals surface area contributed by atoms with Gasteiger partial charge in [-0.2, -0.15) is 0 Å². The van der Waals surface area contributed by atoms with Crippen molar-refractivity contribution in [3.8, 4) is 0 Å². The van der Waals surface area contributed by atoms with Gasteiger partial charge in [-0.05, 0) is 13.0 Å².